The zero-order valence-corrected chi connectivity index (χ0v) is 26.4. The molecule has 0 aliphatic rings. The summed E-state index contributed by atoms with van der Waals surface area (Å²) in [6.45, 7) is 14.9. The van der Waals surface area contributed by atoms with Crippen molar-refractivity contribution >= 4 is 17.3 Å². The van der Waals surface area contributed by atoms with E-state index in [1.54, 1.807) is 0 Å². The fraction of sp³-hybridized carbons (Fsp3) is 0.444. The molecule has 6 nitrogen and oxygen atoms in total. The van der Waals surface area contributed by atoms with Crippen LogP contribution in [0.5, 0.6) is 0 Å². The van der Waals surface area contributed by atoms with Crippen molar-refractivity contribution in [2.75, 3.05) is 36.0 Å². The monoisotopic (exact) mass is 498 g/mol. The fourth-order valence-corrected chi connectivity index (χ4v) is 4.45. The third kappa shape index (κ3) is 10.9. The largest absolute Gasteiger partial charge is 1.00 e. The van der Waals surface area contributed by atoms with Gasteiger partial charge in [-0.05, 0) is 69.2 Å². The minimum absolute atomic E-state index is 0. The van der Waals surface area contributed by atoms with Gasteiger partial charge < -0.3 is 29.8 Å². The molecule has 0 aromatic heterocycles. The Balaban J connectivity index is 0.00000578. The molecule has 8 heteroatoms. The van der Waals surface area contributed by atoms with Gasteiger partial charge in [-0.1, -0.05) is 43.0 Å². The molecule has 0 atom stereocenters. The molecule has 0 heterocycles. The van der Waals surface area contributed by atoms with Gasteiger partial charge in [0.25, 0.3) is 0 Å². The Morgan fingerprint density at radius 1 is 0.771 bits per heavy atom. The van der Waals surface area contributed by atoms with Gasteiger partial charge >= 0.3 is 59.1 Å². The number of benzene rings is 2. The van der Waals surface area contributed by atoms with E-state index in [2.05, 4.69) is 73.2 Å². The van der Waals surface area contributed by atoms with Crippen LogP contribution in [0, 0.1) is 27.7 Å². The van der Waals surface area contributed by atoms with E-state index in [-0.39, 0.29) is 71.3 Å². The van der Waals surface area contributed by atoms with Crippen molar-refractivity contribution in [3.05, 3.63) is 71.0 Å². The molecule has 2 aromatic carbocycles. The Morgan fingerprint density at radius 3 is 1.57 bits per heavy atom. The molecule has 180 valence electrons. The van der Waals surface area contributed by atoms with Crippen LogP contribution in [0.1, 0.15) is 47.9 Å². The van der Waals surface area contributed by atoms with Crippen LogP contribution in [-0.4, -0.2) is 32.1 Å². The molecule has 0 spiro atoms. The average Bonchev–Trinajstić information content (AvgIpc) is 2.75. The first kappa shape index (κ1) is 34.0. The van der Waals surface area contributed by atoms with Crippen molar-refractivity contribution in [1.82, 2.24) is 0 Å². The summed E-state index contributed by atoms with van der Waals surface area (Å²) in [6, 6.07) is 12.5. The zero-order chi connectivity index (χ0) is 24.4. The molecule has 0 amide bonds. The van der Waals surface area contributed by atoms with E-state index in [4.69, 9.17) is 0 Å². The number of nitrogens with zero attached hydrogens (tertiary/aromatic N) is 2. The van der Waals surface area contributed by atoms with Crippen molar-refractivity contribution < 1.29 is 79.2 Å². The summed E-state index contributed by atoms with van der Waals surface area (Å²) in [5.74, 6) is -0.788. The molecule has 2 rings (SSSR count). The topological polar surface area (TPSA) is 78.9 Å². The van der Waals surface area contributed by atoms with Gasteiger partial charge in [-0.3, -0.25) is 0 Å². The van der Waals surface area contributed by atoms with Crippen LogP contribution < -0.4 is 79.3 Å². The van der Waals surface area contributed by atoms with Crippen molar-refractivity contribution in [3.8, 4) is 0 Å². The predicted molar refractivity (Wildman–Crippen MR) is 130 cm³/mol. The summed E-state index contributed by atoms with van der Waals surface area (Å²) >= 11 is 0. The molecule has 0 saturated carbocycles. The van der Waals surface area contributed by atoms with E-state index in [0.717, 1.165) is 19.5 Å². The van der Waals surface area contributed by atoms with Crippen molar-refractivity contribution in [3.63, 3.8) is 0 Å². The second kappa shape index (κ2) is 17.5. The summed E-state index contributed by atoms with van der Waals surface area (Å²) in [7, 11) is 0. The molecule has 2 aromatic rings. The van der Waals surface area contributed by atoms with Gasteiger partial charge in [0.1, 0.15) is 0 Å². The summed E-state index contributed by atoms with van der Waals surface area (Å²) < 4.78 is 0. The SMILES string of the molecule is C=C(CCN(CCCN(CCCC(=O)[O-])c1c(C)cccc1C)c1c(C)cccc1C)O[O-].[Na+].[Na+]. The Bertz CT molecular complexity index is 912. The second-order valence-corrected chi connectivity index (χ2v) is 8.66. The number of aliphatic carboxylic acids is 1. The van der Waals surface area contributed by atoms with Crippen molar-refractivity contribution in [2.45, 2.75) is 53.4 Å². The number of para-hydroxylation sites is 2. The molecule has 0 N–H and O–H groups in total. The van der Waals surface area contributed by atoms with Crippen LogP contribution >= 0.6 is 0 Å². The Hall–Kier alpha value is -0.990. The molecule has 0 radical (unpaired) electrons. The maximum Gasteiger partial charge on any atom is 1.00 e. The van der Waals surface area contributed by atoms with Gasteiger partial charge in [-0.15, -0.1) is 0 Å². The first-order valence-corrected chi connectivity index (χ1v) is 11.5. The molecular formula is C27H36N2Na2O4. The normalized spacial score (nSPS) is 10.1. The van der Waals surface area contributed by atoms with Gasteiger partial charge in [-0.25, -0.2) is 0 Å². The summed E-state index contributed by atoms with van der Waals surface area (Å²) in [5, 5.41) is 21.7. The van der Waals surface area contributed by atoms with Gasteiger partial charge in [0.05, 0.1) is 5.76 Å². The minimum atomic E-state index is -1.02. The number of carboxylic acids is 1. The quantitative estimate of drug-likeness (QED) is 0.123. The maximum atomic E-state index is 11.0. The Kier molecular flexibility index (Phi) is 17.0. The van der Waals surface area contributed by atoms with Crippen molar-refractivity contribution in [2.24, 2.45) is 0 Å². The van der Waals surface area contributed by atoms with E-state index in [1.165, 1.54) is 33.6 Å². The number of carboxylic acid groups (broad SMARTS) is 1. The molecule has 35 heavy (non-hydrogen) atoms. The van der Waals surface area contributed by atoms with Crippen molar-refractivity contribution in [1.29, 1.82) is 0 Å². The molecular weight excluding hydrogens is 462 g/mol. The summed E-state index contributed by atoms with van der Waals surface area (Å²) in [4.78, 5) is 19.6. The number of aryl methyl sites for hydroxylation is 4. The predicted octanol–water partition coefficient (Wildman–Crippen LogP) is -2.64. The zero-order valence-electron chi connectivity index (χ0n) is 22.4. The fourth-order valence-electron chi connectivity index (χ4n) is 4.45. The Labute approximate surface area is 254 Å². The molecule has 0 aliphatic heterocycles. The standard InChI is InChI=1S/C27H38N2O4.2Na/c1-20-10-6-11-21(2)26(20)28(16-8-14-25(30)31)17-9-18-29(19-15-24(5)33-32)27-22(3)12-7-13-23(27)4;;/h6-7,10-13,32H,5,8-9,14-19H2,1-4H3,(H,30,31);;/q;2*+1/p-2. The van der Waals surface area contributed by atoms with Crippen LogP contribution in [0.3, 0.4) is 0 Å². The molecule has 0 aliphatic carbocycles. The molecule has 0 saturated heterocycles. The number of anilines is 2. The molecule has 0 unspecified atom stereocenters. The van der Waals surface area contributed by atoms with Gasteiger partial charge in [0.15, 0.2) is 0 Å². The van der Waals surface area contributed by atoms with Crippen LogP contribution in [0.15, 0.2) is 48.7 Å². The van der Waals surface area contributed by atoms with Crippen LogP contribution in [-0.2, 0) is 9.68 Å². The van der Waals surface area contributed by atoms with Crippen LogP contribution in [0.2, 0.25) is 0 Å². The van der Waals surface area contributed by atoms with E-state index in [9.17, 15) is 15.2 Å². The van der Waals surface area contributed by atoms with Gasteiger partial charge in [0.2, 0.25) is 0 Å². The van der Waals surface area contributed by atoms with Crippen LogP contribution in [0.25, 0.3) is 0 Å². The maximum absolute atomic E-state index is 11.0. The van der Waals surface area contributed by atoms with E-state index < -0.39 is 5.97 Å². The average molecular weight is 499 g/mol. The van der Waals surface area contributed by atoms with Crippen LogP contribution in [0.4, 0.5) is 11.4 Å². The van der Waals surface area contributed by atoms with E-state index >= 15 is 0 Å². The molecule has 0 fully saturated rings. The number of hydrogen-bond acceptors (Lipinski definition) is 6. The Morgan fingerprint density at radius 2 is 1.17 bits per heavy atom. The first-order chi connectivity index (χ1) is 15.7. The first-order valence-electron chi connectivity index (χ1n) is 11.5. The summed E-state index contributed by atoms with van der Waals surface area (Å²) in [6.07, 6.45) is 1.92. The number of rotatable bonds is 14. The van der Waals surface area contributed by atoms with E-state index in [0.29, 0.717) is 25.9 Å². The smallest absolute Gasteiger partial charge is 0.664 e. The number of hydrogen-bond donors (Lipinski definition) is 0. The van der Waals surface area contributed by atoms with Gasteiger partial charge in [-0.2, -0.15) is 0 Å². The second-order valence-electron chi connectivity index (χ2n) is 8.66. The minimum Gasteiger partial charge on any atom is -0.664 e. The third-order valence-electron chi connectivity index (χ3n) is 5.95. The summed E-state index contributed by atoms with van der Waals surface area (Å²) in [5.41, 5.74) is 7.07. The third-order valence-corrected chi connectivity index (χ3v) is 5.95. The molecule has 0 bridgehead atoms. The van der Waals surface area contributed by atoms with E-state index in [1.807, 2.05) is 12.1 Å². The number of carbonyl (C=O) groups is 1. The number of carbonyl (C=O) groups excluding carboxylic acids is 1. The van der Waals surface area contributed by atoms with Gasteiger partial charge in [0, 0.05) is 49.9 Å².